The molecule has 86 valence electrons. The molecule has 0 unspecified atom stereocenters. The zero-order valence-corrected chi connectivity index (χ0v) is 8.61. The van der Waals surface area contributed by atoms with E-state index in [4.69, 9.17) is 5.73 Å². The summed E-state index contributed by atoms with van der Waals surface area (Å²) in [7, 11) is 0. The fourth-order valence-electron chi connectivity index (χ4n) is 1.21. The van der Waals surface area contributed by atoms with Gasteiger partial charge in [0, 0.05) is 12.3 Å². The number of hydrogen-bond acceptors (Lipinski definition) is 5. The minimum atomic E-state index is -0.941. The second-order valence-electron chi connectivity index (χ2n) is 3.09. The molecule has 2 aromatic rings. The summed E-state index contributed by atoms with van der Waals surface area (Å²) in [5.41, 5.74) is 5.29. The molecule has 0 radical (unpaired) electrons. The first kappa shape index (κ1) is 10.8. The van der Waals surface area contributed by atoms with Crippen LogP contribution in [0.4, 0.5) is 4.79 Å². The summed E-state index contributed by atoms with van der Waals surface area (Å²) in [4.78, 5) is 25.1. The van der Waals surface area contributed by atoms with Gasteiger partial charge >= 0.3 is 6.09 Å². The number of hydrogen-bond donors (Lipinski definition) is 1. The molecule has 0 aromatic carbocycles. The lowest BCUT2D eigenvalue weighted by molar-refractivity contribution is 0.112. The summed E-state index contributed by atoms with van der Waals surface area (Å²) >= 11 is 0. The largest absolute Gasteiger partial charge is 0.411 e. The normalized spacial score (nSPS) is 9.88. The van der Waals surface area contributed by atoms with Crippen LogP contribution >= 0.6 is 0 Å². The van der Waals surface area contributed by atoms with Crippen LogP contribution in [-0.2, 0) is 0 Å². The maximum atomic E-state index is 10.6. The first-order chi connectivity index (χ1) is 8.19. The van der Waals surface area contributed by atoms with E-state index in [1.54, 1.807) is 12.1 Å². The molecule has 2 aromatic heterocycles. The molecule has 0 atom stereocenters. The fraction of sp³-hybridized carbons (Fsp3) is 0. The monoisotopic (exact) mass is 232 g/mol. The van der Waals surface area contributed by atoms with Gasteiger partial charge in [0.25, 0.3) is 0 Å². The van der Waals surface area contributed by atoms with E-state index in [1.165, 1.54) is 23.1 Å². The number of ether oxygens (including phenoxy) is 1. The van der Waals surface area contributed by atoms with E-state index in [0.717, 1.165) is 0 Å². The van der Waals surface area contributed by atoms with Gasteiger partial charge in [0.1, 0.15) is 0 Å². The summed E-state index contributed by atoms with van der Waals surface area (Å²) in [5.74, 6) is 0.481. The van der Waals surface area contributed by atoms with Gasteiger partial charge in [0.2, 0.25) is 5.88 Å². The van der Waals surface area contributed by atoms with E-state index in [1.807, 2.05) is 0 Å². The van der Waals surface area contributed by atoms with Crippen LogP contribution in [0.1, 0.15) is 10.4 Å². The molecule has 2 heterocycles. The van der Waals surface area contributed by atoms with Gasteiger partial charge in [-0.1, -0.05) is 6.07 Å². The minimum Gasteiger partial charge on any atom is -0.391 e. The predicted molar refractivity (Wildman–Crippen MR) is 57.0 cm³/mol. The maximum Gasteiger partial charge on any atom is 0.411 e. The predicted octanol–water partition coefficient (Wildman–Crippen LogP) is 0.537. The molecule has 7 nitrogen and oxygen atoms in total. The van der Waals surface area contributed by atoms with Crippen molar-refractivity contribution >= 4 is 12.4 Å². The fourth-order valence-corrected chi connectivity index (χ4v) is 1.21. The minimum absolute atomic E-state index is 0.0677. The molecule has 0 aliphatic carbocycles. The summed E-state index contributed by atoms with van der Waals surface area (Å²) < 4.78 is 6.01. The van der Waals surface area contributed by atoms with Crippen molar-refractivity contribution in [2.75, 3.05) is 0 Å². The van der Waals surface area contributed by atoms with Crippen molar-refractivity contribution in [2.45, 2.75) is 0 Å². The Hall–Kier alpha value is -2.70. The number of carbonyl (C=O) groups excluding carboxylic acids is 2. The number of carbonyl (C=O) groups is 2. The van der Waals surface area contributed by atoms with Gasteiger partial charge in [-0.3, -0.25) is 4.79 Å². The van der Waals surface area contributed by atoms with Crippen molar-refractivity contribution in [3.05, 3.63) is 36.2 Å². The summed E-state index contributed by atoms with van der Waals surface area (Å²) in [6, 6.07) is 4.76. The third-order valence-corrected chi connectivity index (χ3v) is 1.89. The lowest BCUT2D eigenvalue weighted by Crippen LogP contribution is -2.17. The first-order valence-corrected chi connectivity index (χ1v) is 4.63. The van der Waals surface area contributed by atoms with Gasteiger partial charge in [0.05, 0.1) is 11.8 Å². The third kappa shape index (κ3) is 2.46. The maximum absolute atomic E-state index is 10.6. The molecule has 7 heteroatoms. The van der Waals surface area contributed by atoms with Crippen LogP contribution in [0.3, 0.4) is 0 Å². The Morgan fingerprint density at radius 1 is 1.47 bits per heavy atom. The van der Waals surface area contributed by atoms with E-state index < -0.39 is 6.09 Å². The van der Waals surface area contributed by atoms with Gasteiger partial charge in [-0.05, 0) is 6.07 Å². The molecule has 0 saturated heterocycles. The molecular weight excluding hydrogens is 224 g/mol. The van der Waals surface area contributed by atoms with Crippen LogP contribution in [-0.4, -0.2) is 27.1 Å². The smallest absolute Gasteiger partial charge is 0.391 e. The Balaban J connectivity index is 2.32. The van der Waals surface area contributed by atoms with Crippen molar-refractivity contribution in [2.24, 2.45) is 5.73 Å². The van der Waals surface area contributed by atoms with Crippen molar-refractivity contribution in [3.63, 3.8) is 0 Å². The highest BCUT2D eigenvalue weighted by Gasteiger charge is 2.05. The molecule has 0 aliphatic heterocycles. The molecule has 0 bridgehead atoms. The number of nitrogens with zero attached hydrogens (tertiary/aromatic N) is 3. The summed E-state index contributed by atoms with van der Waals surface area (Å²) in [6.45, 7) is 0. The van der Waals surface area contributed by atoms with Crippen molar-refractivity contribution < 1.29 is 14.3 Å². The number of rotatable bonds is 3. The Labute approximate surface area is 95.8 Å². The topological polar surface area (TPSA) is 100 Å². The van der Waals surface area contributed by atoms with Crippen LogP contribution in [0.2, 0.25) is 0 Å². The third-order valence-electron chi connectivity index (χ3n) is 1.89. The van der Waals surface area contributed by atoms with Crippen LogP contribution in [0, 0.1) is 0 Å². The van der Waals surface area contributed by atoms with Gasteiger partial charge < -0.3 is 10.5 Å². The van der Waals surface area contributed by atoms with Crippen molar-refractivity contribution in [1.29, 1.82) is 0 Å². The van der Waals surface area contributed by atoms with E-state index >= 15 is 0 Å². The standard InChI is InChI=1S/C10H8N4O3/c11-10(16)17-9-3-1-2-8(13-9)14-5-7(6-15)4-12-14/h1-6H,(H2,11,16). The molecular formula is C10H8N4O3. The number of aromatic nitrogens is 3. The molecule has 0 saturated carbocycles. The van der Waals surface area contributed by atoms with E-state index in [0.29, 0.717) is 17.7 Å². The highest BCUT2D eigenvalue weighted by Crippen LogP contribution is 2.11. The summed E-state index contributed by atoms with van der Waals surface area (Å²) in [6.07, 6.45) is 2.64. The highest BCUT2D eigenvalue weighted by atomic mass is 16.6. The molecule has 2 N–H and O–H groups in total. The molecule has 0 fully saturated rings. The average Bonchev–Trinajstić information content (AvgIpc) is 2.77. The lowest BCUT2D eigenvalue weighted by Gasteiger charge is -2.02. The average molecular weight is 232 g/mol. The van der Waals surface area contributed by atoms with Gasteiger partial charge in [0.15, 0.2) is 12.1 Å². The molecule has 1 amide bonds. The zero-order valence-electron chi connectivity index (χ0n) is 8.61. The quantitative estimate of drug-likeness (QED) is 0.778. The van der Waals surface area contributed by atoms with Gasteiger partial charge in [-0.2, -0.15) is 10.1 Å². The zero-order chi connectivity index (χ0) is 12.3. The van der Waals surface area contributed by atoms with Crippen LogP contribution in [0.25, 0.3) is 5.82 Å². The van der Waals surface area contributed by atoms with Crippen LogP contribution < -0.4 is 10.5 Å². The molecule has 2 rings (SSSR count). The summed E-state index contributed by atoms with van der Waals surface area (Å²) in [5, 5.41) is 3.93. The second kappa shape index (κ2) is 4.44. The number of primary amides is 1. The van der Waals surface area contributed by atoms with E-state index in [9.17, 15) is 9.59 Å². The lowest BCUT2D eigenvalue weighted by atomic mass is 10.4. The Morgan fingerprint density at radius 2 is 2.29 bits per heavy atom. The first-order valence-electron chi connectivity index (χ1n) is 4.63. The number of nitrogens with two attached hydrogens (primary N) is 1. The molecule has 0 aliphatic rings. The van der Waals surface area contributed by atoms with Gasteiger partial charge in [-0.15, -0.1) is 0 Å². The SMILES string of the molecule is NC(=O)Oc1cccc(-n2cc(C=O)cn2)n1. The van der Waals surface area contributed by atoms with E-state index in [2.05, 4.69) is 14.8 Å². The van der Waals surface area contributed by atoms with Crippen molar-refractivity contribution in [1.82, 2.24) is 14.8 Å². The number of aldehydes is 1. The Kier molecular flexibility index (Phi) is 2.82. The second-order valence-corrected chi connectivity index (χ2v) is 3.09. The Morgan fingerprint density at radius 3 is 2.94 bits per heavy atom. The van der Waals surface area contributed by atoms with Crippen LogP contribution in [0.15, 0.2) is 30.6 Å². The van der Waals surface area contributed by atoms with Crippen molar-refractivity contribution in [3.8, 4) is 11.7 Å². The number of amides is 1. The van der Waals surface area contributed by atoms with Crippen LogP contribution in [0.5, 0.6) is 5.88 Å². The van der Waals surface area contributed by atoms with E-state index in [-0.39, 0.29) is 5.88 Å². The molecule has 17 heavy (non-hydrogen) atoms. The number of pyridine rings is 1. The Bertz CT molecular complexity index is 564. The highest BCUT2D eigenvalue weighted by molar-refractivity contribution is 5.73. The molecule has 0 spiro atoms. The van der Waals surface area contributed by atoms with Gasteiger partial charge in [-0.25, -0.2) is 9.48 Å².